The molecule has 0 amide bonds. The molecule has 1 aromatic rings. The summed E-state index contributed by atoms with van der Waals surface area (Å²) in [7, 11) is 0. The van der Waals surface area contributed by atoms with E-state index in [0.717, 1.165) is 11.5 Å². The van der Waals surface area contributed by atoms with E-state index in [1.54, 1.807) is 12.1 Å². The lowest BCUT2D eigenvalue weighted by molar-refractivity contribution is 0.00695. The van der Waals surface area contributed by atoms with Gasteiger partial charge >= 0.3 is 5.97 Å². The van der Waals surface area contributed by atoms with Crippen molar-refractivity contribution in [3.05, 3.63) is 35.4 Å². The van der Waals surface area contributed by atoms with Crippen molar-refractivity contribution in [2.24, 2.45) is 5.92 Å². The maximum absolute atomic E-state index is 11.7. The van der Waals surface area contributed by atoms with Crippen molar-refractivity contribution in [2.75, 3.05) is 0 Å². The van der Waals surface area contributed by atoms with E-state index in [0.29, 0.717) is 12.1 Å². The molecule has 0 spiro atoms. The minimum absolute atomic E-state index is 0.294. The molecule has 0 unspecified atom stereocenters. The molecular formula is C16H27NO2S. The smallest absolute Gasteiger partial charge is 0.338 e. The summed E-state index contributed by atoms with van der Waals surface area (Å²) in [6.07, 6.45) is 0. The summed E-state index contributed by atoms with van der Waals surface area (Å²) in [5, 5.41) is 0. The summed E-state index contributed by atoms with van der Waals surface area (Å²) < 4.78 is 8.00. The van der Waals surface area contributed by atoms with Crippen LogP contribution in [0.15, 0.2) is 24.3 Å². The van der Waals surface area contributed by atoms with Crippen LogP contribution in [0.4, 0.5) is 0 Å². The summed E-state index contributed by atoms with van der Waals surface area (Å²) in [5.41, 5.74) is 1.18. The summed E-state index contributed by atoms with van der Waals surface area (Å²) in [6.45, 7) is 12.7. The number of esters is 1. The van der Waals surface area contributed by atoms with Crippen molar-refractivity contribution in [1.82, 2.24) is 4.72 Å². The molecule has 0 saturated carbocycles. The van der Waals surface area contributed by atoms with Crippen LogP contribution in [0.2, 0.25) is 0 Å². The van der Waals surface area contributed by atoms with E-state index in [1.165, 1.54) is 0 Å². The zero-order chi connectivity index (χ0) is 15.8. The van der Waals surface area contributed by atoms with Crippen LogP contribution in [-0.4, -0.2) is 11.6 Å². The predicted molar refractivity (Wildman–Crippen MR) is 87.9 cm³/mol. The highest BCUT2D eigenvalue weighted by Crippen LogP contribution is 2.12. The van der Waals surface area contributed by atoms with E-state index in [9.17, 15) is 4.79 Å². The number of thiol groups is 1. The number of benzene rings is 1. The maximum Gasteiger partial charge on any atom is 0.338 e. The third-order valence-electron chi connectivity index (χ3n) is 1.87. The van der Waals surface area contributed by atoms with Gasteiger partial charge in [-0.15, -0.1) is 0 Å². The monoisotopic (exact) mass is 297 g/mol. The molecule has 20 heavy (non-hydrogen) atoms. The molecule has 4 heteroatoms. The highest BCUT2D eigenvalue weighted by molar-refractivity contribution is 7.78. The van der Waals surface area contributed by atoms with Gasteiger partial charge in [0.15, 0.2) is 0 Å². The minimum Gasteiger partial charge on any atom is -0.456 e. The summed E-state index contributed by atoms with van der Waals surface area (Å²) in [6, 6.07) is 7.27. The molecule has 0 aliphatic carbocycles. The van der Waals surface area contributed by atoms with Crippen molar-refractivity contribution >= 4 is 18.8 Å². The van der Waals surface area contributed by atoms with Gasteiger partial charge in [-0.3, -0.25) is 4.72 Å². The van der Waals surface area contributed by atoms with E-state index < -0.39 is 5.60 Å². The first-order valence-corrected chi connectivity index (χ1v) is 7.29. The van der Waals surface area contributed by atoms with Gasteiger partial charge in [0, 0.05) is 6.54 Å². The maximum atomic E-state index is 11.7. The lowest BCUT2D eigenvalue weighted by Gasteiger charge is -2.19. The average molecular weight is 297 g/mol. The van der Waals surface area contributed by atoms with Crippen molar-refractivity contribution in [2.45, 2.75) is 53.7 Å². The Morgan fingerprint density at radius 1 is 1.20 bits per heavy atom. The Labute approximate surface area is 128 Å². The second-order valence-electron chi connectivity index (χ2n) is 6.27. The minimum atomic E-state index is -0.456. The molecule has 0 heterocycles. The topological polar surface area (TPSA) is 38.3 Å². The normalized spacial score (nSPS) is 10.8. The van der Waals surface area contributed by atoms with Crippen LogP contribution in [-0.2, 0) is 11.3 Å². The van der Waals surface area contributed by atoms with Gasteiger partial charge in [-0.05, 0) is 44.4 Å². The SMILES string of the molecule is CC(C)(C)OC(=O)c1ccc(CNS)cc1.CC(C)C. The van der Waals surface area contributed by atoms with E-state index in [1.807, 2.05) is 32.9 Å². The molecule has 0 fully saturated rings. The molecule has 3 nitrogen and oxygen atoms in total. The number of hydrogen-bond donors (Lipinski definition) is 2. The van der Waals surface area contributed by atoms with Gasteiger partial charge in [0.25, 0.3) is 0 Å². The Bertz CT molecular complexity index is 391. The fourth-order valence-electron chi connectivity index (χ4n) is 1.19. The summed E-state index contributed by atoms with van der Waals surface area (Å²) in [4.78, 5) is 11.7. The first-order chi connectivity index (χ1) is 9.15. The molecule has 1 aromatic carbocycles. The zero-order valence-corrected chi connectivity index (χ0v) is 14.3. The van der Waals surface area contributed by atoms with Crippen molar-refractivity contribution in [3.63, 3.8) is 0 Å². The molecule has 0 bridgehead atoms. The van der Waals surface area contributed by atoms with Crippen LogP contribution in [0.25, 0.3) is 0 Å². The second kappa shape index (κ2) is 9.03. The Morgan fingerprint density at radius 2 is 1.65 bits per heavy atom. The van der Waals surface area contributed by atoms with Gasteiger partial charge in [-0.1, -0.05) is 45.7 Å². The van der Waals surface area contributed by atoms with Crippen LogP contribution in [0, 0.1) is 5.92 Å². The molecule has 0 saturated heterocycles. The van der Waals surface area contributed by atoms with Crippen LogP contribution in [0.5, 0.6) is 0 Å². The highest BCUT2D eigenvalue weighted by Gasteiger charge is 2.17. The molecular weight excluding hydrogens is 270 g/mol. The van der Waals surface area contributed by atoms with E-state index in [2.05, 4.69) is 38.3 Å². The molecule has 0 aliphatic heterocycles. The van der Waals surface area contributed by atoms with Crippen molar-refractivity contribution < 1.29 is 9.53 Å². The van der Waals surface area contributed by atoms with E-state index in [-0.39, 0.29) is 5.97 Å². The number of carbonyl (C=O) groups is 1. The van der Waals surface area contributed by atoms with Crippen LogP contribution in [0.3, 0.4) is 0 Å². The Balaban J connectivity index is 0.000000796. The zero-order valence-electron chi connectivity index (χ0n) is 13.4. The molecule has 0 aliphatic rings. The third-order valence-corrected chi connectivity index (χ3v) is 2.03. The Morgan fingerprint density at radius 3 is 2.00 bits per heavy atom. The van der Waals surface area contributed by atoms with Gasteiger partial charge in [-0.2, -0.15) is 0 Å². The molecule has 1 N–H and O–H groups in total. The quantitative estimate of drug-likeness (QED) is 0.647. The average Bonchev–Trinajstić information content (AvgIpc) is 2.27. The fraction of sp³-hybridized carbons (Fsp3) is 0.562. The van der Waals surface area contributed by atoms with Gasteiger partial charge < -0.3 is 4.74 Å². The van der Waals surface area contributed by atoms with Crippen molar-refractivity contribution in [3.8, 4) is 0 Å². The van der Waals surface area contributed by atoms with Gasteiger partial charge in [0.2, 0.25) is 0 Å². The van der Waals surface area contributed by atoms with E-state index in [4.69, 9.17) is 4.74 Å². The highest BCUT2D eigenvalue weighted by atomic mass is 32.1. The van der Waals surface area contributed by atoms with Gasteiger partial charge in [-0.25, -0.2) is 4.79 Å². The second-order valence-corrected chi connectivity index (χ2v) is 6.58. The van der Waals surface area contributed by atoms with Crippen LogP contribution < -0.4 is 4.72 Å². The number of rotatable bonds is 3. The molecule has 0 aromatic heterocycles. The number of nitrogens with one attached hydrogen (secondary N) is 1. The predicted octanol–water partition coefficient (Wildman–Crippen LogP) is 4.24. The van der Waals surface area contributed by atoms with Crippen molar-refractivity contribution in [1.29, 1.82) is 0 Å². The standard InChI is InChI=1S/C12H17NO2S.C4H10/c1-12(2,3)15-11(14)10-6-4-9(5-7-10)8-13-16;1-4(2)3/h4-7,13,16H,8H2,1-3H3;4H,1-3H3. The largest absolute Gasteiger partial charge is 0.456 e. The summed E-state index contributed by atoms with van der Waals surface area (Å²) in [5.74, 6) is 0.540. The van der Waals surface area contributed by atoms with Gasteiger partial charge in [0.05, 0.1) is 5.56 Å². The number of ether oxygens (including phenoxy) is 1. The van der Waals surface area contributed by atoms with E-state index >= 15 is 0 Å². The summed E-state index contributed by atoms with van der Waals surface area (Å²) >= 11 is 3.91. The number of carbonyl (C=O) groups excluding carboxylic acids is 1. The molecule has 114 valence electrons. The lowest BCUT2D eigenvalue weighted by atomic mass is 10.1. The van der Waals surface area contributed by atoms with Crippen LogP contribution in [0.1, 0.15) is 57.5 Å². The Hall–Kier alpha value is -1.00. The lowest BCUT2D eigenvalue weighted by Crippen LogP contribution is -2.23. The van der Waals surface area contributed by atoms with Gasteiger partial charge in [0.1, 0.15) is 5.60 Å². The Kier molecular flexibility index (Phi) is 8.58. The molecule has 0 atom stereocenters. The van der Waals surface area contributed by atoms with Crippen LogP contribution >= 0.6 is 12.8 Å². The first-order valence-electron chi connectivity index (χ1n) is 6.85. The number of hydrogen-bond acceptors (Lipinski definition) is 4. The first kappa shape index (κ1) is 19.0. The molecule has 0 radical (unpaired) electrons. The third kappa shape index (κ3) is 9.87. The molecule has 1 rings (SSSR count). The fourth-order valence-corrected chi connectivity index (χ4v) is 1.37.